The van der Waals surface area contributed by atoms with Crippen LogP contribution in [0.4, 0.5) is 0 Å². The predicted molar refractivity (Wildman–Crippen MR) is 87.1 cm³/mol. The molecule has 0 aromatic rings. The monoisotopic (exact) mass is 292 g/mol. The van der Waals surface area contributed by atoms with Gasteiger partial charge in [-0.05, 0) is 34.6 Å². The summed E-state index contributed by atoms with van der Waals surface area (Å²) in [5.41, 5.74) is -0.216. The Kier molecular flexibility index (Phi) is 6.07. The Labute approximate surface area is 128 Å². The van der Waals surface area contributed by atoms with E-state index in [0.29, 0.717) is 19.5 Å². The van der Waals surface area contributed by atoms with Crippen LogP contribution in [0.1, 0.15) is 41.0 Å². The number of amides is 1. The summed E-state index contributed by atoms with van der Waals surface area (Å²) < 4.78 is 0. The van der Waals surface area contributed by atoms with Gasteiger partial charge < -0.3 is 15.1 Å². The van der Waals surface area contributed by atoms with Crippen LogP contribution < -0.4 is 5.32 Å². The molecule has 1 amide bonds. The van der Waals surface area contributed by atoms with Crippen molar-refractivity contribution in [3.8, 4) is 12.3 Å². The lowest BCUT2D eigenvalue weighted by Crippen LogP contribution is -2.66. The lowest BCUT2D eigenvalue weighted by molar-refractivity contribution is -0.145. The molecule has 0 radical (unpaired) electrons. The molecule has 5 nitrogen and oxygen atoms in total. The molecule has 5 heteroatoms. The van der Waals surface area contributed by atoms with Crippen LogP contribution in [0, 0.1) is 12.3 Å². The van der Waals surface area contributed by atoms with E-state index in [4.69, 9.17) is 6.42 Å². The van der Waals surface area contributed by atoms with Crippen LogP contribution in [0.2, 0.25) is 0 Å². The van der Waals surface area contributed by atoms with Crippen LogP contribution in [-0.4, -0.2) is 59.4 Å². The van der Waals surface area contributed by atoms with Crippen molar-refractivity contribution in [1.29, 1.82) is 0 Å². The van der Waals surface area contributed by atoms with E-state index in [9.17, 15) is 4.79 Å². The summed E-state index contributed by atoms with van der Waals surface area (Å²) in [4.78, 5) is 21.0. The number of nitrogens with one attached hydrogen (secondary N) is 1. The highest BCUT2D eigenvalue weighted by molar-refractivity contribution is 5.88. The van der Waals surface area contributed by atoms with Crippen molar-refractivity contribution in [2.24, 2.45) is 4.99 Å². The average molecular weight is 292 g/mol. The SMILES string of the molecule is C#CCCN=C(NCC)N1CC(=O)N(C(C)C)C(C)(C)C1. The van der Waals surface area contributed by atoms with Gasteiger partial charge in [0.25, 0.3) is 0 Å². The van der Waals surface area contributed by atoms with Gasteiger partial charge in [0, 0.05) is 25.6 Å². The predicted octanol–water partition coefficient (Wildman–Crippen LogP) is 1.31. The molecule has 1 fully saturated rings. The summed E-state index contributed by atoms with van der Waals surface area (Å²) in [5.74, 6) is 3.50. The average Bonchev–Trinajstić information content (AvgIpc) is 2.35. The molecular formula is C16H28N4O. The van der Waals surface area contributed by atoms with E-state index >= 15 is 0 Å². The largest absolute Gasteiger partial charge is 0.357 e. The molecule has 0 aliphatic carbocycles. The number of terminal acetylenes is 1. The Balaban J connectivity index is 2.91. The zero-order valence-electron chi connectivity index (χ0n) is 13.9. The van der Waals surface area contributed by atoms with Crippen LogP contribution in [0.25, 0.3) is 0 Å². The van der Waals surface area contributed by atoms with Crippen LogP contribution in [-0.2, 0) is 4.79 Å². The molecule has 0 bridgehead atoms. The van der Waals surface area contributed by atoms with Crippen molar-refractivity contribution in [2.75, 3.05) is 26.2 Å². The second-order valence-corrected chi connectivity index (χ2v) is 6.22. The maximum Gasteiger partial charge on any atom is 0.242 e. The molecule has 1 saturated heterocycles. The summed E-state index contributed by atoms with van der Waals surface area (Å²) in [6, 6.07) is 0.204. The normalized spacial score (nSPS) is 18.9. The molecule has 0 unspecified atom stereocenters. The number of piperazine rings is 1. The number of guanidine groups is 1. The highest BCUT2D eigenvalue weighted by Crippen LogP contribution is 2.24. The molecule has 0 aromatic heterocycles. The minimum Gasteiger partial charge on any atom is -0.357 e. The summed E-state index contributed by atoms with van der Waals surface area (Å²) in [6.07, 6.45) is 5.88. The van der Waals surface area contributed by atoms with Crippen molar-refractivity contribution < 1.29 is 4.79 Å². The third-order valence-corrected chi connectivity index (χ3v) is 3.49. The van der Waals surface area contributed by atoms with Crippen LogP contribution >= 0.6 is 0 Å². The minimum absolute atomic E-state index is 0.142. The lowest BCUT2D eigenvalue weighted by Gasteiger charge is -2.49. The summed E-state index contributed by atoms with van der Waals surface area (Å²) >= 11 is 0. The number of hydrogen-bond acceptors (Lipinski definition) is 2. The second-order valence-electron chi connectivity index (χ2n) is 6.22. The maximum absolute atomic E-state index is 12.5. The highest BCUT2D eigenvalue weighted by atomic mass is 16.2. The van der Waals surface area contributed by atoms with Gasteiger partial charge in [0.05, 0.1) is 18.6 Å². The van der Waals surface area contributed by atoms with Gasteiger partial charge in [-0.15, -0.1) is 12.3 Å². The Morgan fingerprint density at radius 2 is 2.19 bits per heavy atom. The standard InChI is InChI=1S/C16H28N4O/c1-7-9-10-18-15(17-8-2)19-11-14(21)20(13(3)4)16(5,6)12-19/h1,13H,8-12H2,2-6H3,(H,17,18). The van der Waals surface area contributed by atoms with Gasteiger partial charge in [0.1, 0.15) is 0 Å². The quantitative estimate of drug-likeness (QED) is 0.368. The molecule has 1 aliphatic heterocycles. The maximum atomic E-state index is 12.5. The Bertz CT molecular complexity index is 434. The zero-order valence-corrected chi connectivity index (χ0v) is 13.9. The highest BCUT2D eigenvalue weighted by Gasteiger charge is 2.40. The number of carbonyl (C=O) groups excluding carboxylic acids is 1. The fourth-order valence-electron chi connectivity index (χ4n) is 2.97. The summed E-state index contributed by atoms with van der Waals surface area (Å²) in [7, 11) is 0. The van der Waals surface area contributed by atoms with E-state index in [2.05, 4.69) is 43.9 Å². The Morgan fingerprint density at radius 1 is 1.52 bits per heavy atom. The van der Waals surface area contributed by atoms with Crippen LogP contribution in [0.15, 0.2) is 4.99 Å². The molecule has 1 N–H and O–H groups in total. The third-order valence-electron chi connectivity index (χ3n) is 3.49. The molecule has 0 aromatic carbocycles. The molecule has 0 atom stereocenters. The fourth-order valence-corrected chi connectivity index (χ4v) is 2.97. The number of nitrogens with zero attached hydrogens (tertiary/aromatic N) is 3. The van der Waals surface area contributed by atoms with Gasteiger partial charge in [-0.1, -0.05) is 0 Å². The topological polar surface area (TPSA) is 47.9 Å². The minimum atomic E-state index is -0.216. The summed E-state index contributed by atoms with van der Waals surface area (Å²) in [5, 5.41) is 3.25. The van der Waals surface area contributed by atoms with Gasteiger partial charge in [-0.3, -0.25) is 9.79 Å². The molecule has 1 aliphatic rings. The van der Waals surface area contributed by atoms with Crippen LogP contribution in [0.3, 0.4) is 0 Å². The molecular weight excluding hydrogens is 264 g/mol. The smallest absolute Gasteiger partial charge is 0.242 e. The molecule has 0 spiro atoms. The molecule has 0 saturated carbocycles. The van der Waals surface area contributed by atoms with E-state index < -0.39 is 0 Å². The van der Waals surface area contributed by atoms with E-state index in [0.717, 1.165) is 19.0 Å². The first-order valence-corrected chi connectivity index (χ1v) is 7.62. The summed E-state index contributed by atoms with van der Waals surface area (Å²) in [6.45, 7) is 12.8. The molecule has 118 valence electrons. The van der Waals surface area contributed by atoms with Crippen molar-refractivity contribution in [1.82, 2.24) is 15.1 Å². The molecule has 1 rings (SSSR count). The van der Waals surface area contributed by atoms with Crippen molar-refractivity contribution in [3.05, 3.63) is 0 Å². The van der Waals surface area contributed by atoms with Gasteiger partial charge in [-0.2, -0.15) is 0 Å². The first-order chi connectivity index (χ1) is 9.83. The van der Waals surface area contributed by atoms with E-state index in [1.165, 1.54) is 0 Å². The number of carbonyl (C=O) groups is 1. The Hall–Kier alpha value is -1.70. The first kappa shape index (κ1) is 17.4. The Morgan fingerprint density at radius 3 is 2.67 bits per heavy atom. The van der Waals surface area contributed by atoms with Gasteiger partial charge in [0.15, 0.2) is 5.96 Å². The van der Waals surface area contributed by atoms with Crippen molar-refractivity contribution in [3.63, 3.8) is 0 Å². The van der Waals surface area contributed by atoms with Crippen molar-refractivity contribution >= 4 is 11.9 Å². The number of rotatable bonds is 4. The van der Waals surface area contributed by atoms with E-state index in [1.807, 2.05) is 16.7 Å². The first-order valence-electron chi connectivity index (χ1n) is 7.62. The number of aliphatic imine (C=N–C) groups is 1. The fraction of sp³-hybridized carbons (Fsp3) is 0.750. The van der Waals surface area contributed by atoms with Crippen molar-refractivity contribution in [2.45, 2.75) is 52.6 Å². The van der Waals surface area contributed by atoms with Crippen LogP contribution in [0.5, 0.6) is 0 Å². The molecule has 1 heterocycles. The van der Waals surface area contributed by atoms with Gasteiger partial charge in [0.2, 0.25) is 5.91 Å². The zero-order chi connectivity index (χ0) is 16.0. The third kappa shape index (κ3) is 4.38. The number of hydrogen-bond donors (Lipinski definition) is 1. The van der Waals surface area contributed by atoms with Gasteiger partial charge >= 0.3 is 0 Å². The second kappa shape index (κ2) is 7.35. The van der Waals surface area contributed by atoms with E-state index in [1.54, 1.807) is 0 Å². The van der Waals surface area contributed by atoms with E-state index in [-0.39, 0.29) is 17.5 Å². The van der Waals surface area contributed by atoms with Gasteiger partial charge in [-0.25, -0.2) is 0 Å². The molecule has 21 heavy (non-hydrogen) atoms. The lowest BCUT2D eigenvalue weighted by atomic mass is 9.96.